The number of aromatic amines is 1. The van der Waals surface area contributed by atoms with Crippen LogP contribution < -0.4 is 11.1 Å². The standard InChI is InChI=1S/C17H29N3O2/c1-5-7-9-13(10-18)20-17(22)16-14(8-6-2)15(12(4)21)11(3)19-16/h13,19H,5-10,18H2,1-4H3,(H,20,22). The molecule has 0 bridgehead atoms. The van der Waals surface area contributed by atoms with Crippen LogP contribution in [0.5, 0.6) is 0 Å². The summed E-state index contributed by atoms with van der Waals surface area (Å²) in [5.41, 5.74) is 8.50. The number of nitrogens with two attached hydrogens (primary N) is 1. The van der Waals surface area contributed by atoms with E-state index in [2.05, 4.69) is 17.2 Å². The minimum Gasteiger partial charge on any atom is -0.354 e. The lowest BCUT2D eigenvalue weighted by Gasteiger charge is -2.16. The summed E-state index contributed by atoms with van der Waals surface area (Å²) in [5.74, 6) is -0.164. The predicted molar refractivity (Wildman–Crippen MR) is 89.4 cm³/mol. The molecule has 124 valence electrons. The summed E-state index contributed by atoms with van der Waals surface area (Å²) < 4.78 is 0. The average molecular weight is 307 g/mol. The Kier molecular flexibility index (Phi) is 7.32. The summed E-state index contributed by atoms with van der Waals surface area (Å²) in [6, 6.07) is -0.0219. The summed E-state index contributed by atoms with van der Waals surface area (Å²) in [7, 11) is 0. The van der Waals surface area contributed by atoms with Gasteiger partial charge < -0.3 is 16.0 Å². The van der Waals surface area contributed by atoms with Gasteiger partial charge in [0, 0.05) is 23.8 Å². The molecule has 0 fully saturated rings. The number of hydrogen-bond donors (Lipinski definition) is 3. The number of unbranched alkanes of at least 4 members (excludes halogenated alkanes) is 1. The van der Waals surface area contributed by atoms with Gasteiger partial charge in [0.2, 0.25) is 0 Å². The molecule has 5 heteroatoms. The van der Waals surface area contributed by atoms with Crippen LogP contribution in [-0.2, 0) is 6.42 Å². The average Bonchev–Trinajstić information content (AvgIpc) is 2.80. The molecule has 1 aromatic heterocycles. The lowest BCUT2D eigenvalue weighted by molar-refractivity contribution is 0.0930. The second-order valence-corrected chi connectivity index (χ2v) is 5.83. The number of nitrogens with one attached hydrogen (secondary N) is 2. The van der Waals surface area contributed by atoms with E-state index in [1.807, 2.05) is 13.8 Å². The van der Waals surface area contributed by atoms with Gasteiger partial charge in [-0.25, -0.2) is 0 Å². The van der Waals surface area contributed by atoms with E-state index in [1.165, 1.54) is 0 Å². The van der Waals surface area contributed by atoms with Gasteiger partial charge in [-0.05, 0) is 32.3 Å². The molecule has 0 aliphatic carbocycles. The maximum Gasteiger partial charge on any atom is 0.268 e. The van der Waals surface area contributed by atoms with Gasteiger partial charge >= 0.3 is 0 Å². The molecule has 0 spiro atoms. The Bertz CT molecular complexity index is 520. The lowest BCUT2D eigenvalue weighted by Crippen LogP contribution is -2.40. The van der Waals surface area contributed by atoms with Crippen molar-refractivity contribution in [1.82, 2.24) is 10.3 Å². The largest absolute Gasteiger partial charge is 0.354 e. The van der Waals surface area contributed by atoms with Crippen molar-refractivity contribution in [3.63, 3.8) is 0 Å². The third-order valence-electron chi connectivity index (χ3n) is 3.90. The van der Waals surface area contributed by atoms with Crippen LogP contribution in [0.3, 0.4) is 0 Å². The topological polar surface area (TPSA) is 88.0 Å². The van der Waals surface area contributed by atoms with Gasteiger partial charge in [-0.15, -0.1) is 0 Å². The maximum atomic E-state index is 12.6. The summed E-state index contributed by atoms with van der Waals surface area (Å²) >= 11 is 0. The lowest BCUT2D eigenvalue weighted by atomic mass is 10.0. The third kappa shape index (κ3) is 4.44. The first kappa shape index (κ1) is 18.4. The molecule has 0 radical (unpaired) electrons. The first-order valence-electron chi connectivity index (χ1n) is 8.19. The summed E-state index contributed by atoms with van der Waals surface area (Å²) in [4.78, 5) is 27.5. The quantitative estimate of drug-likeness (QED) is 0.613. The highest BCUT2D eigenvalue weighted by atomic mass is 16.2. The van der Waals surface area contributed by atoms with Crippen molar-refractivity contribution in [2.24, 2.45) is 5.73 Å². The van der Waals surface area contributed by atoms with Crippen molar-refractivity contribution in [1.29, 1.82) is 0 Å². The Hall–Kier alpha value is -1.62. The van der Waals surface area contributed by atoms with E-state index < -0.39 is 0 Å². The normalized spacial score (nSPS) is 12.2. The maximum absolute atomic E-state index is 12.6. The van der Waals surface area contributed by atoms with E-state index in [0.717, 1.165) is 36.9 Å². The first-order chi connectivity index (χ1) is 10.5. The van der Waals surface area contributed by atoms with Crippen molar-refractivity contribution < 1.29 is 9.59 Å². The molecular weight excluding hydrogens is 278 g/mol. The molecule has 0 aliphatic rings. The second-order valence-electron chi connectivity index (χ2n) is 5.83. The predicted octanol–water partition coefficient (Wildman–Crippen LogP) is 2.73. The number of rotatable bonds is 9. The van der Waals surface area contributed by atoms with Crippen LogP contribution >= 0.6 is 0 Å². The first-order valence-corrected chi connectivity index (χ1v) is 8.19. The van der Waals surface area contributed by atoms with Gasteiger partial charge in [-0.3, -0.25) is 9.59 Å². The van der Waals surface area contributed by atoms with E-state index >= 15 is 0 Å². The number of H-pyrrole nitrogens is 1. The monoisotopic (exact) mass is 307 g/mol. The fourth-order valence-corrected chi connectivity index (χ4v) is 2.80. The Labute approximate surface area is 133 Å². The Morgan fingerprint density at radius 1 is 1.27 bits per heavy atom. The smallest absolute Gasteiger partial charge is 0.268 e. The summed E-state index contributed by atoms with van der Waals surface area (Å²) in [6.07, 6.45) is 4.58. The van der Waals surface area contributed by atoms with Crippen LogP contribution in [0.4, 0.5) is 0 Å². The van der Waals surface area contributed by atoms with Crippen molar-refractivity contribution in [2.45, 2.75) is 65.8 Å². The Morgan fingerprint density at radius 3 is 2.45 bits per heavy atom. The Morgan fingerprint density at radius 2 is 1.95 bits per heavy atom. The van der Waals surface area contributed by atoms with Gasteiger partial charge in [-0.2, -0.15) is 0 Å². The number of aryl methyl sites for hydroxylation is 1. The third-order valence-corrected chi connectivity index (χ3v) is 3.90. The molecular formula is C17H29N3O2. The van der Waals surface area contributed by atoms with E-state index in [1.54, 1.807) is 6.92 Å². The van der Waals surface area contributed by atoms with Crippen LogP contribution in [0.1, 0.15) is 78.6 Å². The molecule has 1 heterocycles. The molecule has 1 amide bonds. The van der Waals surface area contributed by atoms with Crippen LogP contribution in [0, 0.1) is 6.92 Å². The summed E-state index contributed by atoms with van der Waals surface area (Å²) in [6.45, 7) is 7.96. The second kappa shape index (κ2) is 8.73. The molecule has 4 N–H and O–H groups in total. The van der Waals surface area contributed by atoms with E-state index in [0.29, 0.717) is 24.2 Å². The minimum absolute atomic E-state index is 0.00221. The van der Waals surface area contributed by atoms with Gasteiger partial charge in [0.25, 0.3) is 5.91 Å². The molecule has 0 aromatic carbocycles. The highest BCUT2D eigenvalue weighted by molar-refractivity contribution is 6.02. The molecule has 1 aromatic rings. The van der Waals surface area contributed by atoms with Gasteiger partial charge in [0.15, 0.2) is 5.78 Å². The molecule has 0 saturated heterocycles. The number of ketones is 1. The van der Waals surface area contributed by atoms with Gasteiger partial charge in [0.1, 0.15) is 5.69 Å². The number of Topliss-reactive ketones (excluding diaryl/α,β-unsaturated/α-hetero) is 1. The molecule has 1 atom stereocenters. The molecule has 0 saturated carbocycles. The van der Waals surface area contributed by atoms with Crippen LogP contribution in [0.25, 0.3) is 0 Å². The Balaban J connectivity index is 3.01. The number of hydrogen-bond acceptors (Lipinski definition) is 3. The molecule has 22 heavy (non-hydrogen) atoms. The van der Waals surface area contributed by atoms with Gasteiger partial charge in [0.05, 0.1) is 0 Å². The highest BCUT2D eigenvalue weighted by Crippen LogP contribution is 2.21. The number of carbonyl (C=O) groups excluding carboxylic acids is 2. The van der Waals surface area contributed by atoms with E-state index in [9.17, 15) is 9.59 Å². The van der Waals surface area contributed by atoms with Gasteiger partial charge in [-0.1, -0.05) is 33.1 Å². The van der Waals surface area contributed by atoms with Crippen molar-refractivity contribution in [3.8, 4) is 0 Å². The van der Waals surface area contributed by atoms with Crippen molar-refractivity contribution in [2.75, 3.05) is 6.54 Å². The van der Waals surface area contributed by atoms with E-state index in [-0.39, 0.29) is 17.7 Å². The molecule has 1 rings (SSSR count). The number of carbonyl (C=O) groups is 2. The van der Waals surface area contributed by atoms with Crippen molar-refractivity contribution in [3.05, 3.63) is 22.5 Å². The molecule has 1 unspecified atom stereocenters. The van der Waals surface area contributed by atoms with Crippen LogP contribution in [0.2, 0.25) is 0 Å². The van der Waals surface area contributed by atoms with Crippen LogP contribution in [-0.4, -0.2) is 29.3 Å². The number of amides is 1. The SMILES string of the molecule is CCCCC(CN)NC(=O)c1[nH]c(C)c(C(C)=O)c1CCC. The zero-order chi connectivity index (χ0) is 16.7. The van der Waals surface area contributed by atoms with E-state index in [4.69, 9.17) is 5.73 Å². The zero-order valence-electron chi connectivity index (χ0n) is 14.2. The van der Waals surface area contributed by atoms with Crippen molar-refractivity contribution >= 4 is 11.7 Å². The summed E-state index contributed by atoms with van der Waals surface area (Å²) in [5, 5.41) is 2.99. The van der Waals surface area contributed by atoms with Crippen LogP contribution in [0.15, 0.2) is 0 Å². The molecule has 5 nitrogen and oxygen atoms in total. The fraction of sp³-hybridized carbons (Fsp3) is 0.647. The molecule has 0 aliphatic heterocycles. The highest BCUT2D eigenvalue weighted by Gasteiger charge is 2.23. The zero-order valence-corrected chi connectivity index (χ0v) is 14.2. The number of aromatic nitrogens is 1. The minimum atomic E-state index is -0.161. The fourth-order valence-electron chi connectivity index (χ4n) is 2.80.